The van der Waals surface area contributed by atoms with Gasteiger partial charge < -0.3 is 10.1 Å². The lowest BCUT2D eigenvalue weighted by atomic mass is 10.2. The van der Waals surface area contributed by atoms with Crippen LogP contribution in [0, 0.1) is 0 Å². The molecule has 1 aliphatic heterocycles. The van der Waals surface area contributed by atoms with Gasteiger partial charge in [0.15, 0.2) is 0 Å². The molecule has 0 aliphatic carbocycles. The molecule has 84 valence electrons. The van der Waals surface area contributed by atoms with Crippen LogP contribution in [0.1, 0.15) is 25.7 Å². The third kappa shape index (κ3) is 6.17. The van der Waals surface area contributed by atoms with Crippen molar-refractivity contribution in [1.82, 2.24) is 5.32 Å². The van der Waals surface area contributed by atoms with Gasteiger partial charge in [0, 0.05) is 23.7 Å². The smallest absolute Gasteiger partial charge is 0.0476 e. The van der Waals surface area contributed by atoms with Gasteiger partial charge in [-0.3, -0.25) is 0 Å². The summed E-state index contributed by atoms with van der Waals surface area (Å²) >= 11 is 9.01. The molecule has 0 bridgehead atoms. The number of hydrogen-bond donors (Lipinski definition) is 3. The van der Waals surface area contributed by atoms with Crippen LogP contribution in [-0.2, 0) is 4.74 Å². The molecule has 2 nitrogen and oxygen atoms in total. The van der Waals surface area contributed by atoms with Crippen LogP contribution in [0.3, 0.4) is 0 Å². The Balaban J connectivity index is 2.19. The van der Waals surface area contributed by atoms with Crippen molar-refractivity contribution in [2.45, 2.75) is 36.2 Å². The molecule has 1 fully saturated rings. The summed E-state index contributed by atoms with van der Waals surface area (Å²) in [5.41, 5.74) is 0. The average Bonchev–Trinajstić information content (AvgIpc) is 2.14. The summed E-state index contributed by atoms with van der Waals surface area (Å²) in [6, 6.07) is 0. The highest BCUT2D eigenvalue weighted by Crippen LogP contribution is 2.10. The average molecular weight is 235 g/mol. The lowest BCUT2D eigenvalue weighted by Gasteiger charge is -2.16. The quantitative estimate of drug-likeness (QED) is 0.557. The van der Waals surface area contributed by atoms with Crippen LogP contribution in [0.5, 0.6) is 0 Å². The minimum atomic E-state index is 0.480. The van der Waals surface area contributed by atoms with Crippen LogP contribution >= 0.6 is 25.3 Å². The molecule has 0 radical (unpaired) electrons. The molecule has 2 atom stereocenters. The van der Waals surface area contributed by atoms with Crippen molar-refractivity contribution >= 4 is 25.3 Å². The first-order valence-corrected chi connectivity index (χ1v) is 6.47. The fraction of sp³-hybridized carbons (Fsp3) is 1.00. The summed E-state index contributed by atoms with van der Waals surface area (Å²) in [4.78, 5) is 0. The van der Waals surface area contributed by atoms with Crippen molar-refractivity contribution in [3.8, 4) is 0 Å². The third-order valence-electron chi connectivity index (χ3n) is 2.50. The molecule has 14 heavy (non-hydrogen) atoms. The van der Waals surface area contributed by atoms with E-state index in [4.69, 9.17) is 4.74 Å². The highest BCUT2D eigenvalue weighted by atomic mass is 32.1. The SMILES string of the molecule is SC1CCNCCC(S)CCOCC1. The van der Waals surface area contributed by atoms with E-state index in [0.29, 0.717) is 10.5 Å². The van der Waals surface area contributed by atoms with E-state index in [1.54, 1.807) is 0 Å². The topological polar surface area (TPSA) is 21.3 Å². The van der Waals surface area contributed by atoms with Gasteiger partial charge in [-0.2, -0.15) is 25.3 Å². The van der Waals surface area contributed by atoms with Crippen molar-refractivity contribution in [2.24, 2.45) is 0 Å². The molecule has 0 saturated carbocycles. The predicted octanol–water partition coefficient (Wildman–Crippen LogP) is 1.76. The second kappa shape index (κ2) is 7.85. The molecule has 1 aliphatic rings. The first kappa shape index (κ1) is 12.7. The lowest BCUT2D eigenvalue weighted by Crippen LogP contribution is -2.23. The third-order valence-corrected chi connectivity index (χ3v) is 3.53. The molecule has 0 aromatic rings. The highest BCUT2D eigenvalue weighted by Gasteiger charge is 2.07. The van der Waals surface area contributed by atoms with Crippen LogP contribution in [0.4, 0.5) is 0 Å². The zero-order chi connectivity index (χ0) is 10.2. The fourth-order valence-corrected chi connectivity index (χ4v) is 1.96. The van der Waals surface area contributed by atoms with E-state index in [2.05, 4.69) is 30.6 Å². The Bertz CT molecular complexity index is 118. The van der Waals surface area contributed by atoms with Gasteiger partial charge in [-0.05, 0) is 38.8 Å². The molecule has 1 saturated heterocycles. The second-order valence-electron chi connectivity index (χ2n) is 3.82. The van der Waals surface area contributed by atoms with Gasteiger partial charge in [0.1, 0.15) is 0 Å². The van der Waals surface area contributed by atoms with Gasteiger partial charge in [0.25, 0.3) is 0 Å². The van der Waals surface area contributed by atoms with Gasteiger partial charge >= 0.3 is 0 Å². The Labute approximate surface area is 98.0 Å². The maximum atomic E-state index is 5.53. The fourth-order valence-electron chi connectivity index (χ4n) is 1.49. The predicted molar refractivity (Wildman–Crippen MR) is 67.7 cm³/mol. The van der Waals surface area contributed by atoms with Gasteiger partial charge in [0.05, 0.1) is 0 Å². The van der Waals surface area contributed by atoms with E-state index >= 15 is 0 Å². The van der Waals surface area contributed by atoms with Crippen molar-refractivity contribution in [1.29, 1.82) is 0 Å². The van der Waals surface area contributed by atoms with E-state index in [9.17, 15) is 0 Å². The Morgan fingerprint density at radius 2 is 1.36 bits per heavy atom. The largest absolute Gasteiger partial charge is 0.381 e. The van der Waals surface area contributed by atoms with E-state index in [0.717, 1.165) is 52.0 Å². The monoisotopic (exact) mass is 235 g/mol. The van der Waals surface area contributed by atoms with Crippen molar-refractivity contribution in [2.75, 3.05) is 26.3 Å². The first-order chi connectivity index (χ1) is 6.79. The number of thiol groups is 2. The molecular weight excluding hydrogens is 214 g/mol. The Morgan fingerprint density at radius 3 is 1.86 bits per heavy atom. The molecule has 0 aromatic carbocycles. The number of ether oxygens (including phenoxy) is 1. The summed E-state index contributed by atoms with van der Waals surface area (Å²) < 4.78 is 5.53. The molecule has 1 rings (SSSR count). The highest BCUT2D eigenvalue weighted by molar-refractivity contribution is 7.81. The van der Waals surface area contributed by atoms with Crippen LogP contribution in [0.25, 0.3) is 0 Å². The van der Waals surface area contributed by atoms with Crippen LogP contribution in [0.15, 0.2) is 0 Å². The maximum Gasteiger partial charge on any atom is 0.0476 e. The summed E-state index contributed by atoms with van der Waals surface area (Å²) in [5.74, 6) is 0. The van der Waals surface area contributed by atoms with Gasteiger partial charge in [-0.1, -0.05) is 0 Å². The van der Waals surface area contributed by atoms with Gasteiger partial charge in [0.2, 0.25) is 0 Å². The minimum absolute atomic E-state index is 0.480. The summed E-state index contributed by atoms with van der Waals surface area (Å²) in [6.07, 6.45) is 4.37. The molecule has 0 spiro atoms. The zero-order valence-corrected chi connectivity index (χ0v) is 10.4. The summed E-state index contributed by atoms with van der Waals surface area (Å²) in [7, 11) is 0. The van der Waals surface area contributed by atoms with E-state index < -0.39 is 0 Å². The van der Waals surface area contributed by atoms with E-state index in [1.165, 1.54) is 0 Å². The second-order valence-corrected chi connectivity index (χ2v) is 5.29. The maximum absolute atomic E-state index is 5.53. The minimum Gasteiger partial charge on any atom is -0.381 e. The molecule has 1 N–H and O–H groups in total. The van der Waals surface area contributed by atoms with Crippen molar-refractivity contribution in [3.63, 3.8) is 0 Å². The summed E-state index contributed by atoms with van der Waals surface area (Å²) in [5, 5.41) is 4.39. The number of rotatable bonds is 0. The molecule has 0 aromatic heterocycles. The molecule has 1 heterocycles. The van der Waals surface area contributed by atoms with Crippen LogP contribution < -0.4 is 5.32 Å². The lowest BCUT2D eigenvalue weighted by molar-refractivity contribution is 0.127. The first-order valence-electron chi connectivity index (χ1n) is 5.43. The van der Waals surface area contributed by atoms with Crippen LogP contribution in [0.2, 0.25) is 0 Å². The van der Waals surface area contributed by atoms with E-state index in [1.807, 2.05) is 0 Å². The molecule has 0 amide bonds. The van der Waals surface area contributed by atoms with Crippen molar-refractivity contribution in [3.05, 3.63) is 0 Å². The molecular formula is C10H21NOS2. The Morgan fingerprint density at radius 1 is 0.857 bits per heavy atom. The number of nitrogens with one attached hydrogen (secondary N) is 1. The standard InChI is InChI=1S/C10H21NOS2/c13-9-1-5-11-6-2-10(14)4-8-12-7-3-9/h9-11,13-14H,1-8H2. The van der Waals surface area contributed by atoms with Gasteiger partial charge in [-0.25, -0.2) is 0 Å². The molecule has 2 unspecified atom stereocenters. The molecule has 4 heteroatoms. The van der Waals surface area contributed by atoms with Crippen LogP contribution in [-0.4, -0.2) is 36.8 Å². The zero-order valence-electron chi connectivity index (χ0n) is 8.61. The van der Waals surface area contributed by atoms with Gasteiger partial charge in [-0.15, -0.1) is 0 Å². The Kier molecular flexibility index (Phi) is 7.12. The Hall–Kier alpha value is 0.620. The number of hydrogen-bond acceptors (Lipinski definition) is 4. The summed E-state index contributed by atoms with van der Waals surface area (Å²) in [6.45, 7) is 3.81. The van der Waals surface area contributed by atoms with Crippen molar-refractivity contribution < 1.29 is 4.74 Å². The normalized spacial score (nSPS) is 33.0. The van der Waals surface area contributed by atoms with E-state index in [-0.39, 0.29) is 0 Å².